The number of pyridine rings is 1. The topological polar surface area (TPSA) is 39.9 Å². The third-order valence-corrected chi connectivity index (χ3v) is 3.55. The maximum atomic E-state index is 13.3. The van der Waals surface area contributed by atoms with E-state index in [9.17, 15) is 4.39 Å². The van der Waals surface area contributed by atoms with E-state index in [4.69, 9.17) is 4.74 Å². The van der Waals surface area contributed by atoms with E-state index in [1.54, 1.807) is 29.1 Å². The van der Waals surface area contributed by atoms with Gasteiger partial charge in [-0.1, -0.05) is 12.1 Å². The summed E-state index contributed by atoms with van der Waals surface area (Å²) in [7, 11) is 0. The predicted molar refractivity (Wildman–Crippen MR) is 91.3 cm³/mol. The summed E-state index contributed by atoms with van der Waals surface area (Å²) < 4.78 is 20.6. The van der Waals surface area contributed by atoms with E-state index in [1.165, 1.54) is 12.1 Å². The van der Waals surface area contributed by atoms with Gasteiger partial charge in [0.25, 0.3) is 0 Å². The van der Waals surface area contributed by atoms with E-state index in [1.807, 2.05) is 25.1 Å². The smallest absolute Gasteiger partial charge is 0.154 e. The second kappa shape index (κ2) is 7.19. The van der Waals surface area contributed by atoms with Crippen molar-refractivity contribution in [2.75, 3.05) is 6.61 Å². The number of nitrogens with zero attached hydrogens (tertiary/aromatic N) is 3. The van der Waals surface area contributed by atoms with Gasteiger partial charge in [-0.2, -0.15) is 5.10 Å². The van der Waals surface area contributed by atoms with Crippen molar-refractivity contribution in [2.24, 2.45) is 0 Å². The van der Waals surface area contributed by atoms with Crippen LogP contribution in [0.5, 0.6) is 0 Å². The first kappa shape index (κ1) is 16.1. The minimum absolute atomic E-state index is 0.275. The quantitative estimate of drug-likeness (QED) is 0.507. The number of aryl methyl sites for hydroxylation is 1. The highest BCUT2D eigenvalue weighted by Crippen LogP contribution is 2.27. The Balaban J connectivity index is 2.08. The largest absolute Gasteiger partial charge is 0.373 e. The van der Waals surface area contributed by atoms with Crippen LogP contribution >= 0.6 is 0 Å². The Bertz CT molecular complexity index is 840. The van der Waals surface area contributed by atoms with E-state index in [0.717, 1.165) is 22.5 Å². The van der Waals surface area contributed by atoms with Crippen LogP contribution in [0.25, 0.3) is 17.1 Å². The lowest BCUT2D eigenvalue weighted by atomic mass is 10.1. The Morgan fingerprint density at radius 3 is 2.71 bits per heavy atom. The molecule has 2 heterocycles. The molecule has 0 amide bonds. The molecule has 5 heteroatoms. The molecule has 3 aromatic rings. The van der Waals surface area contributed by atoms with E-state index >= 15 is 0 Å². The van der Waals surface area contributed by atoms with Crippen LogP contribution in [0, 0.1) is 12.7 Å². The van der Waals surface area contributed by atoms with E-state index in [0.29, 0.717) is 19.0 Å². The van der Waals surface area contributed by atoms with Gasteiger partial charge in [-0.25, -0.2) is 14.1 Å². The van der Waals surface area contributed by atoms with Gasteiger partial charge in [0.15, 0.2) is 5.82 Å². The monoisotopic (exact) mass is 323 g/mol. The molecule has 0 saturated heterocycles. The van der Waals surface area contributed by atoms with Crippen LogP contribution < -0.4 is 0 Å². The molecule has 0 aliphatic carbocycles. The molecule has 24 heavy (non-hydrogen) atoms. The van der Waals surface area contributed by atoms with Crippen LogP contribution in [0.3, 0.4) is 0 Å². The fourth-order valence-electron chi connectivity index (χ4n) is 2.48. The highest BCUT2D eigenvalue weighted by atomic mass is 19.1. The number of hydrogen-bond acceptors (Lipinski definition) is 3. The van der Waals surface area contributed by atoms with Gasteiger partial charge >= 0.3 is 0 Å². The van der Waals surface area contributed by atoms with Crippen molar-refractivity contribution in [3.8, 4) is 17.1 Å². The number of rotatable bonds is 6. The van der Waals surface area contributed by atoms with Crippen LogP contribution in [0.2, 0.25) is 0 Å². The highest BCUT2D eigenvalue weighted by molar-refractivity contribution is 5.65. The zero-order valence-electron chi connectivity index (χ0n) is 13.4. The van der Waals surface area contributed by atoms with Gasteiger partial charge in [-0.3, -0.25) is 0 Å². The molecule has 0 unspecified atom stereocenters. The normalized spacial score (nSPS) is 10.8. The van der Waals surface area contributed by atoms with Gasteiger partial charge in [0.1, 0.15) is 5.82 Å². The molecule has 0 spiro atoms. The number of halogens is 1. The van der Waals surface area contributed by atoms with Gasteiger partial charge in [0, 0.05) is 16.8 Å². The first-order chi connectivity index (χ1) is 11.7. The zero-order valence-corrected chi connectivity index (χ0v) is 13.4. The van der Waals surface area contributed by atoms with Crippen LogP contribution in [0.4, 0.5) is 4.39 Å². The molecular formula is C19H18FN3O. The van der Waals surface area contributed by atoms with Crippen molar-refractivity contribution >= 4 is 0 Å². The number of aromatic nitrogens is 3. The van der Waals surface area contributed by atoms with Crippen molar-refractivity contribution < 1.29 is 9.13 Å². The minimum Gasteiger partial charge on any atom is -0.373 e. The average molecular weight is 323 g/mol. The van der Waals surface area contributed by atoms with Gasteiger partial charge in [-0.05, 0) is 43.3 Å². The molecule has 0 aliphatic rings. The van der Waals surface area contributed by atoms with Crippen molar-refractivity contribution in [1.29, 1.82) is 0 Å². The lowest BCUT2D eigenvalue weighted by molar-refractivity contribution is 0.149. The van der Waals surface area contributed by atoms with Crippen LogP contribution in [0.15, 0.2) is 61.3 Å². The second-order valence-electron chi connectivity index (χ2n) is 5.38. The molecule has 1 aromatic carbocycles. The van der Waals surface area contributed by atoms with Crippen molar-refractivity contribution in [3.05, 3.63) is 78.4 Å². The molecule has 3 rings (SSSR count). The average Bonchev–Trinajstić information content (AvgIpc) is 3.00. The Morgan fingerprint density at radius 2 is 2.00 bits per heavy atom. The van der Waals surface area contributed by atoms with Gasteiger partial charge in [0.05, 0.1) is 25.1 Å². The second-order valence-corrected chi connectivity index (χ2v) is 5.38. The summed E-state index contributed by atoms with van der Waals surface area (Å²) in [6.07, 6.45) is 3.45. The lowest BCUT2D eigenvalue weighted by Crippen LogP contribution is -2.04. The van der Waals surface area contributed by atoms with Crippen LogP contribution in [-0.2, 0) is 11.3 Å². The molecule has 0 aliphatic heterocycles. The maximum Gasteiger partial charge on any atom is 0.154 e. The lowest BCUT2D eigenvalue weighted by Gasteiger charge is -2.10. The predicted octanol–water partition coefficient (Wildman–Crippen LogP) is 4.08. The van der Waals surface area contributed by atoms with Crippen molar-refractivity contribution in [2.45, 2.75) is 13.5 Å². The molecule has 0 N–H and O–H groups in total. The summed E-state index contributed by atoms with van der Waals surface area (Å²) in [6.45, 7) is 6.42. The summed E-state index contributed by atoms with van der Waals surface area (Å²) in [5.41, 5.74) is 3.51. The van der Waals surface area contributed by atoms with Crippen LogP contribution in [-0.4, -0.2) is 21.4 Å². The SMILES string of the molecule is C=CCOCc1cnn(-c2cccc(C)n2)c1-c1ccc(F)cc1. The molecule has 0 saturated carbocycles. The Hall–Kier alpha value is -2.79. The molecule has 2 aromatic heterocycles. The number of ether oxygens (including phenoxy) is 1. The van der Waals surface area contributed by atoms with E-state index in [2.05, 4.69) is 16.7 Å². The van der Waals surface area contributed by atoms with Gasteiger partial charge in [0.2, 0.25) is 0 Å². The van der Waals surface area contributed by atoms with E-state index in [-0.39, 0.29) is 5.82 Å². The summed E-state index contributed by atoms with van der Waals surface area (Å²) in [6, 6.07) is 12.1. The van der Waals surface area contributed by atoms with Crippen molar-refractivity contribution in [3.63, 3.8) is 0 Å². The number of benzene rings is 1. The zero-order chi connectivity index (χ0) is 16.9. The molecular weight excluding hydrogens is 305 g/mol. The third kappa shape index (κ3) is 3.41. The standard InChI is InChI=1S/C19H18FN3O/c1-3-11-24-13-16-12-21-23(18-6-4-5-14(2)22-18)19(16)15-7-9-17(20)10-8-15/h3-10,12H,1,11,13H2,2H3. The van der Waals surface area contributed by atoms with Crippen LogP contribution in [0.1, 0.15) is 11.3 Å². The Kier molecular flexibility index (Phi) is 4.82. The minimum atomic E-state index is -0.275. The maximum absolute atomic E-state index is 13.3. The highest BCUT2D eigenvalue weighted by Gasteiger charge is 2.15. The Labute approximate surface area is 140 Å². The third-order valence-electron chi connectivity index (χ3n) is 3.55. The molecule has 0 radical (unpaired) electrons. The molecule has 4 nitrogen and oxygen atoms in total. The van der Waals surface area contributed by atoms with Crippen molar-refractivity contribution in [1.82, 2.24) is 14.8 Å². The number of hydrogen-bond donors (Lipinski definition) is 0. The first-order valence-corrected chi connectivity index (χ1v) is 7.64. The molecule has 122 valence electrons. The summed E-state index contributed by atoms with van der Waals surface area (Å²) in [5, 5.41) is 4.46. The summed E-state index contributed by atoms with van der Waals surface area (Å²) >= 11 is 0. The fraction of sp³-hybridized carbons (Fsp3) is 0.158. The van der Waals surface area contributed by atoms with Gasteiger partial charge < -0.3 is 4.74 Å². The summed E-state index contributed by atoms with van der Waals surface area (Å²) in [4.78, 5) is 4.53. The molecule has 0 bridgehead atoms. The molecule has 0 fully saturated rings. The first-order valence-electron chi connectivity index (χ1n) is 7.64. The Morgan fingerprint density at radius 1 is 1.21 bits per heavy atom. The van der Waals surface area contributed by atoms with Gasteiger partial charge in [-0.15, -0.1) is 6.58 Å². The van der Waals surface area contributed by atoms with E-state index < -0.39 is 0 Å². The molecule has 0 atom stereocenters. The fourth-order valence-corrected chi connectivity index (χ4v) is 2.48. The summed E-state index contributed by atoms with van der Waals surface area (Å²) in [5.74, 6) is 0.437.